The molecular weight excluding hydrogens is 327 g/mol. The minimum atomic E-state index is -0.762. The third kappa shape index (κ3) is 5.92. The molecule has 2 amide bonds. The Hall–Kier alpha value is -2.31. The highest BCUT2D eigenvalue weighted by molar-refractivity contribution is 5.74. The van der Waals surface area contributed by atoms with Crippen LogP contribution in [0.4, 0.5) is 9.18 Å². The Balaban J connectivity index is 1.79. The number of aliphatic carboxylic acids is 1. The number of carboxylic acids is 1. The minimum Gasteiger partial charge on any atom is -0.497 e. The van der Waals surface area contributed by atoms with Crippen LogP contribution in [0, 0.1) is 11.7 Å². The molecule has 0 heterocycles. The number of carbonyl (C=O) groups is 2. The topological polar surface area (TPSA) is 87.7 Å². The molecule has 1 unspecified atom stereocenters. The first-order valence-electron chi connectivity index (χ1n) is 8.50. The van der Waals surface area contributed by atoms with Crippen LogP contribution in [0.2, 0.25) is 0 Å². The summed E-state index contributed by atoms with van der Waals surface area (Å²) in [4.78, 5) is 23.0. The van der Waals surface area contributed by atoms with Crippen LogP contribution in [0.15, 0.2) is 18.2 Å². The molecule has 3 N–H and O–H groups in total. The van der Waals surface area contributed by atoms with Crippen LogP contribution in [-0.2, 0) is 11.2 Å². The highest BCUT2D eigenvalue weighted by Gasteiger charge is 2.26. The molecule has 7 heteroatoms. The van der Waals surface area contributed by atoms with Crippen LogP contribution in [0.5, 0.6) is 5.75 Å². The number of methoxy groups -OCH3 is 1. The summed E-state index contributed by atoms with van der Waals surface area (Å²) in [7, 11) is 1.48. The number of rotatable bonds is 6. The van der Waals surface area contributed by atoms with E-state index in [2.05, 4.69) is 10.6 Å². The number of carbonyl (C=O) groups excluding carboxylic acids is 1. The Bertz CT molecular complexity index is 615. The van der Waals surface area contributed by atoms with E-state index in [9.17, 15) is 14.0 Å². The number of hydrogen-bond acceptors (Lipinski definition) is 3. The predicted octanol–water partition coefficient (Wildman–Crippen LogP) is 2.71. The molecule has 138 valence electrons. The average Bonchev–Trinajstić information content (AvgIpc) is 2.54. The molecule has 1 atom stereocenters. The largest absolute Gasteiger partial charge is 0.497 e. The summed E-state index contributed by atoms with van der Waals surface area (Å²) < 4.78 is 18.5. The third-order valence-corrected chi connectivity index (χ3v) is 4.50. The lowest BCUT2D eigenvalue weighted by molar-refractivity contribution is -0.142. The lowest BCUT2D eigenvalue weighted by Crippen LogP contribution is -2.47. The van der Waals surface area contributed by atoms with E-state index in [1.165, 1.54) is 19.2 Å². The van der Waals surface area contributed by atoms with Crippen molar-refractivity contribution in [2.45, 2.75) is 51.1 Å². The Labute approximate surface area is 146 Å². The van der Waals surface area contributed by atoms with E-state index in [-0.39, 0.29) is 29.8 Å². The normalized spacial score (nSPS) is 21.2. The van der Waals surface area contributed by atoms with Gasteiger partial charge in [-0.15, -0.1) is 0 Å². The van der Waals surface area contributed by atoms with Crippen LogP contribution in [-0.4, -0.2) is 36.3 Å². The van der Waals surface area contributed by atoms with Crippen molar-refractivity contribution in [2.75, 3.05) is 7.11 Å². The van der Waals surface area contributed by atoms with Crippen molar-refractivity contribution in [2.24, 2.45) is 5.92 Å². The maximum Gasteiger partial charge on any atom is 0.315 e. The molecule has 0 aliphatic heterocycles. The van der Waals surface area contributed by atoms with Crippen LogP contribution < -0.4 is 15.4 Å². The van der Waals surface area contributed by atoms with E-state index >= 15 is 0 Å². The molecule has 1 aromatic carbocycles. The number of ether oxygens (including phenoxy) is 1. The fraction of sp³-hybridized carbons (Fsp3) is 0.556. The molecule has 0 saturated heterocycles. The molecule has 1 aliphatic rings. The summed E-state index contributed by atoms with van der Waals surface area (Å²) >= 11 is 0. The van der Waals surface area contributed by atoms with Gasteiger partial charge in [0.25, 0.3) is 0 Å². The van der Waals surface area contributed by atoms with Gasteiger partial charge in [-0.05, 0) is 56.7 Å². The van der Waals surface area contributed by atoms with Gasteiger partial charge < -0.3 is 20.5 Å². The molecule has 1 aliphatic carbocycles. The Morgan fingerprint density at radius 1 is 1.28 bits per heavy atom. The van der Waals surface area contributed by atoms with E-state index in [0.29, 0.717) is 37.9 Å². The standard InChI is InChI=1S/C18H25FN2O4/c1-11(7-12-8-14(19)10-16(9-12)25-2)20-18(24)21-15-5-3-13(4-6-15)17(22)23/h8-11,13,15H,3-7H2,1-2H3,(H,22,23)(H2,20,21,24). The minimum absolute atomic E-state index is 0.00272. The second-order valence-corrected chi connectivity index (χ2v) is 6.61. The molecule has 0 bridgehead atoms. The molecule has 0 aromatic heterocycles. The fourth-order valence-corrected chi connectivity index (χ4v) is 3.20. The van der Waals surface area contributed by atoms with E-state index in [4.69, 9.17) is 9.84 Å². The number of halogens is 1. The number of urea groups is 1. The zero-order valence-corrected chi connectivity index (χ0v) is 14.5. The van der Waals surface area contributed by atoms with Gasteiger partial charge in [0.1, 0.15) is 11.6 Å². The summed E-state index contributed by atoms with van der Waals surface area (Å²) in [6.07, 6.45) is 2.98. The van der Waals surface area contributed by atoms with Crippen molar-refractivity contribution >= 4 is 12.0 Å². The monoisotopic (exact) mass is 352 g/mol. The van der Waals surface area contributed by atoms with E-state index in [1.54, 1.807) is 6.07 Å². The SMILES string of the molecule is COc1cc(F)cc(CC(C)NC(=O)NC2CCC(C(=O)O)CC2)c1. The molecule has 1 aromatic rings. The zero-order valence-electron chi connectivity index (χ0n) is 14.5. The Kier molecular flexibility index (Phi) is 6.61. The number of hydrogen-bond donors (Lipinski definition) is 3. The summed E-state index contributed by atoms with van der Waals surface area (Å²) in [6.45, 7) is 1.85. The molecule has 2 rings (SSSR count). The quantitative estimate of drug-likeness (QED) is 0.734. The zero-order chi connectivity index (χ0) is 18.4. The Morgan fingerprint density at radius 2 is 1.96 bits per heavy atom. The molecule has 0 radical (unpaired) electrons. The van der Waals surface area contributed by atoms with Gasteiger partial charge in [0.2, 0.25) is 0 Å². The van der Waals surface area contributed by atoms with E-state index in [0.717, 1.165) is 5.56 Å². The van der Waals surface area contributed by atoms with Gasteiger partial charge in [-0.3, -0.25) is 4.79 Å². The van der Waals surface area contributed by atoms with Crippen molar-refractivity contribution in [3.8, 4) is 5.75 Å². The maximum atomic E-state index is 13.5. The second-order valence-electron chi connectivity index (χ2n) is 6.61. The molecule has 1 saturated carbocycles. The lowest BCUT2D eigenvalue weighted by Gasteiger charge is -2.27. The van der Waals surface area contributed by atoms with E-state index < -0.39 is 5.97 Å². The smallest absolute Gasteiger partial charge is 0.315 e. The van der Waals surface area contributed by atoms with Crippen molar-refractivity contribution in [1.29, 1.82) is 0 Å². The van der Waals surface area contributed by atoms with Gasteiger partial charge in [-0.2, -0.15) is 0 Å². The summed E-state index contributed by atoms with van der Waals surface area (Å²) in [5, 5.41) is 14.7. The average molecular weight is 352 g/mol. The molecule has 1 fully saturated rings. The van der Waals surface area contributed by atoms with Crippen LogP contribution in [0.1, 0.15) is 38.2 Å². The molecule has 6 nitrogen and oxygen atoms in total. The van der Waals surface area contributed by atoms with Crippen molar-refractivity contribution < 1.29 is 23.8 Å². The van der Waals surface area contributed by atoms with Crippen molar-refractivity contribution in [1.82, 2.24) is 10.6 Å². The first-order chi connectivity index (χ1) is 11.9. The van der Waals surface area contributed by atoms with Crippen LogP contribution in [0.3, 0.4) is 0 Å². The predicted molar refractivity (Wildman–Crippen MR) is 91.2 cm³/mol. The van der Waals surface area contributed by atoms with Gasteiger partial charge in [0.15, 0.2) is 0 Å². The highest BCUT2D eigenvalue weighted by Crippen LogP contribution is 2.24. The van der Waals surface area contributed by atoms with Gasteiger partial charge in [0.05, 0.1) is 13.0 Å². The van der Waals surface area contributed by atoms with Crippen LogP contribution in [0.25, 0.3) is 0 Å². The van der Waals surface area contributed by atoms with Gasteiger partial charge in [0, 0.05) is 18.2 Å². The summed E-state index contributed by atoms with van der Waals surface area (Å²) in [6, 6.07) is 4.01. The van der Waals surface area contributed by atoms with Crippen LogP contribution >= 0.6 is 0 Å². The number of carboxylic acid groups (broad SMARTS) is 1. The maximum absolute atomic E-state index is 13.5. The molecule has 25 heavy (non-hydrogen) atoms. The lowest BCUT2D eigenvalue weighted by atomic mass is 9.86. The second kappa shape index (κ2) is 8.69. The summed E-state index contributed by atoms with van der Waals surface area (Å²) in [5.41, 5.74) is 0.742. The summed E-state index contributed by atoms with van der Waals surface area (Å²) in [5.74, 6) is -0.993. The first kappa shape index (κ1) is 19.0. The van der Waals surface area contributed by atoms with Crippen molar-refractivity contribution in [3.63, 3.8) is 0 Å². The third-order valence-electron chi connectivity index (χ3n) is 4.50. The van der Waals surface area contributed by atoms with Gasteiger partial charge >= 0.3 is 12.0 Å². The molecule has 0 spiro atoms. The van der Waals surface area contributed by atoms with E-state index in [1.807, 2.05) is 6.92 Å². The highest BCUT2D eigenvalue weighted by atomic mass is 19.1. The fourth-order valence-electron chi connectivity index (χ4n) is 3.20. The van der Waals surface area contributed by atoms with Crippen molar-refractivity contribution in [3.05, 3.63) is 29.6 Å². The molecular formula is C18H25FN2O4. The van der Waals surface area contributed by atoms with Gasteiger partial charge in [-0.25, -0.2) is 9.18 Å². The Morgan fingerprint density at radius 3 is 2.56 bits per heavy atom. The first-order valence-corrected chi connectivity index (χ1v) is 8.50. The number of amides is 2. The number of benzene rings is 1. The number of nitrogens with one attached hydrogen (secondary N) is 2. The van der Waals surface area contributed by atoms with Gasteiger partial charge in [-0.1, -0.05) is 0 Å².